The molecule has 3 heteroatoms. The molecule has 1 saturated carbocycles. The molecule has 94 valence electrons. The number of rotatable bonds is 4. The maximum Gasteiger partial charge on any atom is 0.126 e. The number of methoxy groups -OCH3 is 1. The lowest BCUT2D eigenvalue weighted by Crippen LogP contribution is -2.49. The number of hydrogen-bond donors (Lipinski definition) is 1. The van der Waals surface area contributed by atoms with E-state index in [1.807, 2.05) is 0 Å². The van der Waals surface area contributed by atoms with Crippen molar-refractivity contribution in [3.63, 3.8) is 0 Å². The number of ether oxygens (including phenoxy) is 1. The van der Waals surface area contributed by atoms with Crippen molar-refractivity contribution in [1.82, 2.24) is 0 Å². The molecule has 0 aromatic carbocycles. The molecule has 2 unspecified atom stereocenters. The Kier molecular flexibility index (Phi) is 4.78. The first-order chi connectivity index (χ1) is 7.50. The van der Waals surface area contributed by atoms with Crippen molar-refractivity contribution >= 4 is 5.84 Å². The van der Waals surface area contributed by atoms with Gasteiger partial charge < -0.3 is 10.5 Å². The van der Waals surface area contributed by atoms with Crippen LogP contribution >= 0.6 is 0 Å². The highest BCUT2D eigenvalue weighted by Gasteiger charge is 2.38. The molecule has 0 amide bonds. The molecule has 3 nitrogen and oxygen atoms in total. The highest BCUT2D eigenvalue weighted by Crippen LogP contribution is 2.34. The van der Waals surface area contributed by atoms with E-state index in [-0.39, 0.29) is 5.60 Å². The summed E-state index contributed by atoms with van der Waals surface area (Å²) in [5, 5.41) is 0. The van der Waals surface area contributed by atoms with Crippen molar-refractivity contribution in [3.05, 3.63) is 0 Å². The number of aliphatic imine (C=N–C) groups is 1. The summed E-state index contributed by atoms with van der Waals surface area (Å²) in [6.45, 7) is 7.37. The van der Waals surface area contributed by atoms with E-state index in [1.54, 1.807) is 7.11 Å². The molecule has 16 heavy (non-hydrogen) atoms. The van der Waals surface area contributed by atoms with Gasteiger partial charge in [0.2, 0.25) is 0 Å². The van der Waals surface area contributed by atoms with Gasteiger partial charge in [-0.2, -0.15) is 0 Å². The Hall–Kier alpha value is -0.570. The Bertz CT molecular complexity index is 250. The van der Waals surface area contributed by atoms with Gasteiger partial charge in [-0.25, -0.2) is 0 Å². The lowest BCUT2D eigenvalue weighted by atomic mass is 9.78. The molecule has 0 heterocycles. The summed E-state index contributed by atoms with van der Waals surface area (Å²) in [7, 11) is 1.76. The third kappa shape index (κ3) is 3.21. The summed E-state index contributed by atoms with van der Waals surface area (Å²) in [6.07, 6.45) is 4.49. The minimum absolute atomic E-state index is 0.285. The molecule has 0 saturated heterocycles. The molecule has 2 N–H and O–H groups in total. The quantitative estimate of drug-likeness (QED) is 0.591. The summed E-state index contributed by atoms with van der Waals surface area (Å²) in [5.74, 6) is 1.94. The number of amidine groups is 1. The SMILES string of the molecule is COC1(C(N)=NCC(C)C)CCCC(C)C1. The maximum atomic E-state index is 6.13. The lowest BCUT2D eigenvalue weighted by Gasteiger charge is -2.38. The third-order valence-corrected chi connectivity index (χ3v) is 3.44. The second-order valence-corrected chi connectivity index (χ2v) is 5.52. The standard InChI is InChI=1S/C13H26N2O/c1-10(2)9-15-12(14)13(16-4)7-5-6-11(3)8-13/h10-11H,5-9H2,1-4H3,(H2,14,15). The smallest absolute Gasteiger partial charge is 0.126 e. The monoisotopic (exact) mass is 226 g/mol. The van der Waals surface area contributed by atoms with Crippen molar-refractivity contribution < 1.29 is 4.74 Å². The first kappa shape index (κ1) is 13.5. The highest BCUT2D eigenvalue weighted by atomic mass is 16.5. The van der Waals surface area contributed by atoms with Crippen LogP contribution in [0.2, 0.25) is 0 Å². The summed E-state index contributed by atoms with van der Waals surface area (Å²) >= 11 is 0. The van der Waals surface area contributed by atoms with Gasteiger partial charge in [-0.05, 0) is 31.1 Å². The summed E-state index contributed by atoms with van der Waals surface area (Å²) in [4.78, 5) is 4.49. The minimum Gasteiger partial charge on any atom is -0.385 e. The summed E-state index contributed by atoms with van der Waals surface area (Å²) in [5.41, 5.74) is 5.84. The van der Waals surface area contributed by atoms with Crippen molar-refractivity contribution in [2.45, 2.75) is 52.1 Å². The third-order valence-electron chi connectivity index (χ3n) is 3.44. The second-order valence-electron chi connectivity index (χ2n) is 5.52. The Morgan fingerprint density at radius 1 is 1.56 bits per heavy atom. The second kappa shape index (κ2) is 5.67. The molecule has 0 bridgehead atoms. The first-order valence-corrected chi connectivity index (χ1v) is 6.35. The van der Waals surface area contributed by atoms with E-state index in [1.165, 1.54) is 12.8 Å². The minimum atomic E-state index is -0.285. The average molecular weight is 226 g/mol. The molecule has 1 rings (SSSR count). The van der Waals surface area contributed by atoms with Crippen molar-refractivity contribution in [3.8, 4) is 0 Å². The molecular formula is C13H26N2O. The van der Waals surface area contributed by atoms with Gasteiger partial charge in [0.1, 0.15) is 11.4 Å². The van der Waals surface area contributed by atoms with E-state index in [0.717, 1.165) is 19.4 Å². The summed E-state index contributed by atoms with van der Waals surface area (Å²) in [6, 6.07) is 0. The number of nitrogens with zero attached hydrogens (tertiary/aromatic N) is 1. The summed E-state index contributed by atoms with van der Waals surface area (Å²) < 4.78 is 5.69. The van der Waals surface area contributed by atoms with Crippen LogP contribution in [0, 0.1) is 11.8 Å². The zero-order valence-corrected chi connectivity index (χ0v) is 11.1. The molecule has 1 aliphatic carbocycles. The van der Waals surface area contributed by atoms with Crippen molar-refractivity contribution in [1.29, 1.82) is 0 Å². The van der Waals surface area contributed by atoms with Gasteiger partial charge in [0, 0.05) is 13.7 Å². The van der Waals surface area contributed by atoms with E-state index >= 15 is 0 Å². The van der Waals surface area contributed by atoms with Crippen molar-refractivity contribution in [2.75, 3.05) is 13.7 Å². The van der Waals surface area contributed by atoms with Gasteiger partial charge in [-0.3, -0.25) is 4.99 Å². The molecule has 0 radical (unpaired) electrons. The molecule has 0 aromatic heterocycles. The zero-order chi connectivity index (χ0) is 12.2. The first-order valence-electron chi connectivity index (χ1n) is 6.35. The van der Waals surface area contributed by atoms with E-state index < -0.39 is 0 Å². The van der Waals surface area contributed by atoms with Crippen LogP contribution in [0.5, 0.6) is 0 Å². The highest BCUT2D eigenvalue weighted by molar-refractivity contribution is 5.89. The zero-order valence-electron chi connectivity index (χ0n) is 11.1. The normalized spacial score (nSPS) is 32.1. The van der Waals surface area contributed by atoms with Crippen LogP contribution in [0.15, 0.2) is 4.99 Å². The van der Waals surface area contributed by atoms with E-state index in [4.69, 9.17) is 10.5 Å². The molecule has 0 aliphatic heterocycles. The Balaban J connectivity index is 2.74. The van der Waals surface area contributed by atoms with Crippen LogP contribution in [0.3, 0.4) is 0 Å². The molecule has 0 aromatic rings. The Morgan fingerprint density at radius 2 is 2.25 bits per heavy atom. The molecule has 1 fully saturated rings. The van der Waals surface area contributed by atoms with Gasteiger partial charge >= 0.3 is 0 Å². The number of nitrogens with two attached hydrogens (primary N) is 1. The fourth-order valence-electron chi connectivity index (χ4n) is 2.45. The Labute approximate surface area is 99.5 Å². The molecule has 0 spiro atoms. The molecular weight excluding hydrogens is 200 g/mol. The average Bonchev–Trinajstić information content (AvgIpc) is 2.25. The van der Waals surface area contributed by atoms with Crippen LogP contribution in [-0.2, 0) is 4.74 Å². The van der Waals surface area contributed by atoms with Crippen LogP contribution in [0.4, 0.5) is 0 Å². The fraction of sp³-hybridized carbons (Fsp3) is 0.923. The largest absolute Gasteiger partial charge is 0.385 e. The Morgan fingerprint density at radius 3 is 2.75 bits per heavy atom. The van der Waals surface area contributed by atoms with Gasteiger partial charge in [-0.1, -0.05) is 27.2 Å². The van der Waals surface area contributed by atoms with E-state index in [9.17, 15) is 0 Å². The fourth-order valence-corrected chi connectivity index (χ4v) is 2.45. The van der Waals surface area contributed by atoms with E-state index in [2.05, 4.69) is 25.8 Å². The van der Waals surface area contributed by atoms with E-state index in [0.29, 0.717) is 17.7 Å². The van der Waals surface area contributed by atoms with Gasteiger partial charge in [0.15, 0.2) is 0 Å². The topological polar surface area (TPSA) is 47.6 Å². The molecule has 2 atom stereocenters. The number of hydrogen-bond acceptors (Lipinski definition) is 2. The predicted molar refractivity (Wildman–Crippen MR) is 68.7 cm³/mol. The maximum absolute atomic E-state index is 6.13. The van der Waals surface area contributed by atoms with Crippen molar-refractivity contribution in [2.24, 2.45) is 22.6 Å². The van der Waals surface area contributed by atoms with Crippen LogP contribution in [-0.4, -0.2) is 25.1 Å². The van der Waals surface area contributed by atoms with Crippen LogP contribution in [0.1, 0.15) is 46.5 Å². The lowest BCUT2D eigenvalue weighted by molar-refractivity contribution is 0.00286. The molecule has 1 aliphatic rings. The van der Waals surface area contributed by atoms with Crippen LogP contribution in [0.25, 0.3) is 0 Å². The van der Waals surface area contributed by atoms with Gasteiger partial charge in [0.25, 0.3) is 0 Å². The van der Waals surface area contributed by atoms with Crippen LogP contribution < -0.4 is 5.73 Å². The predicted octanol–water partition coefficient (Wildman–Crippen LogP) is 2.59. The van der Waals surface area contributed by atoms with Gasteiger partial charge in [0.05, 0.1) is 0 Å². The van der Waals surface area contributed by atoms with Gasteiger partial charge in [-0.15, -0.1) is 0 Å².